The van der Waals surface area contributed by atoms with E-state index in [1.165, 1.54) is 0 Å². The molecule has 8 heteroatoms. The van der Waals surface area contributed by atoms with E-state index in [9.17, 15) is 18.0 Å². The Hall–Kier alpha value is -1.62. The van der Waals surface area contributed by atoms with Crippen LogP contribution < -0.4 is 10.6 Å². The van der Waals surface area contributed by atoms with Crippen molar-refractivity contribution < 1.29 is 18.0 Å². The smallest absolute Gasteiger partial charge is 0.244 e. The molecule has 1 rings (SSSR count). The summed E-state index contributed by atoms with van der Waals surface area (Å²) in [5, 5.41) is 13.1. The molecule has 0 aromatic heterocycles. The number of rotatable bonds is 6. The first-order valence-electron chi connectivity index (χ1n) is 5.81. The maximum atomic E-state index is 11.9. The Morgan fingerprint density at radius 2 is 2.00 bits per heavy atom. The summed E-state index contributed by atoms with van der Waals surface area (Å²) < 4.78 is 22.5. The van der Waals surface area contributed by atoms with Gasteiger partial charge in [-0.05, 0) is 12.8 Å². The molecule has 0 spiro atoms. The van der Waals surface area contributed by atoms with Crippen molar-refractivity contribution in [1.29, 1.82) is 5.26 Å². The average Bonchev–Trinajstić information content (AvgIpc) is 3.02. The van der Waals surface area contributed by atoms with Gasteiger partial charge in [0.1, 0.15) is 22.4 Å². The molecule has 0 aromatic rings. The molecule has 1 unspecified atom stereocenters. The minimum atomic E-state index is -3.42. The van der Waals surface area contributed by atoms with Gasteiger partial charge in [0, 0.05) is 11.7 Å². The third-order valence-corrected chi connectivity index (χ3v) is 3.92. The number of amides is 2. The lowest BCUT2D eigenvalue weighted by Crippen LogP contribution is -2.51. The zero-order chi connectivity index (χ0) is 14.7. The van der Waals surface area contributed by atoms with Crippen LogP contribution in [-0.4, -0.2) is 44.8 Å². The largest absolute Gasteiger partial charge is 0.343 e. The van der Waals surface area contributed by atoms with Crippen molar-refractivity contribution in [3.8, 4) is 6.07 Å². The van der Waals surface area contributed by atoms with Crippen molar-refractivity contribution in [2.24, 2.45) is 5.41 Å². The summed E-state index contributed by atoms with van der Waals surface area (Å²) in [5.74, 6) is -1.47. The van der Waals surface area contributed by atoms with Gasteiger partial charge in [-0.2, -0.15) is 5.26 Å². The second kappa shape index (κ2) is 5.57. The Bertz CT molecular complexity index is 517. The van der Waals surface area contributed by atoms with Crippen LogP contribution in [0.25, 0.3) is 0 Å². The summed E-state index contributed by atoms with van der Waals surface area (Å²) in [7, 11) is -3.42. The third kappa shape index (κ3) is 4.87. The number of hydrogen-bond acceptors (Lipinski definition) is 5. The van der Waals surface area contributed by atoms with Crippen LogP contribution in [0, 0.1) is 16.7 Å². The monoisotopic (exact) mass is 287 g/mol. The third-order valence-electron chi connectivity index (χ3n) is 2.98. The van der Waals surface area contributed by atoms with Crippen LogP contribution in [0.1, 0.15) is 19.8 Å². The van der Waals surface area contributed by atoms with Gasteiger partial charge in [0.2, 0.25) is 11.8 Å². The second-order valence-electron chi connectivity index (χ2n) is 5.06. The molecule has 1 aliphatic carbocycles. The van der Waals surface area contributed by atoms with Crippen molar-refractivity contribution in [3.63, 3.8) is 0 Å². The fraction of sp³-hybridized carbons (Fsp3) is 0.727. The number of nitriles is 1. The van der Waals surface area contributed by atoms with Gasteiger partial charge < -0.3 is 10.6 Å². The molecule has 7 nitrogen and oxygen atoms in total. The van der Waals surface area contributed by atoms with E-state index in [0.29, 0.717) is 0 Å². The summed E-state index contributed by atoms with van der Waals surface area (Å²) in [5.41, 5.74) is -0.495. The van der Waals surface area contributed by atoms with E-state index in [0.717, 1.165) is 19.1 Å². The topological polar surface area (TPSA) is 116 Å². The number of nitrogens with one attached hydrogen (secondary N) is 2. The van der Waals surface area contributed by atoms with Gasteiger partial charge >= 0.3 is 0 Å². The van der Waals surface area contributed by atoms with E-state index in [1.807, 2.05) is 0 Å². The number of nitrogens with zero attached hydrogens (tertiary/aromatic N) is 1. The Kier molecular flexibility index (Phi) is 4.52. The summed E-state index contributed by atoms with van der Waals surface area (Å²) >= 11 is 0. The van der Waals surface area contributed by atoms with Crippen molar-refractivity contribution in [2.45, 2.75) is 25.8 Å². The minimum Gasteiger partial charge on any atom is -0.343 e. The van der Waals surface area contributed by atoms with E-state index >= 15 is 0 Å². The van der Waals surface area contributed by atoms with Crippen LogP contribution >= 0.6 is 0 Å². The average molecular weight is 287 g/mol. The molecular weight excluding hydrogens is 270 g/mol. The summed E-state index contributed by atoms with van der Waals surface area (Å²) in [6.45, 7) is 1.53. The van der Waals surface area contributed by atoms with Crippen LogP contribution in [0.5, 0.6) is 0 Å². The molecule has 0 aromatic carbocycles. The fourth-order valence-corrected chi connectivity index (χ4v) is 2.32. The van der Waals surface area contributed by atoms with Crippen LogP contribution in [0.15, 0.2) is 0 Å². The Labute approximate surface area is 112 Å². The zero-order valence-corrected chi connectivity index (χ0v) is 11.7. The lowest BCUT2D eigenvalue weighted by Gasteiger charge is -2.19. The van der Waals surface area contributed by atoms with Gasteiger partial charge in [0.05, 0.1) is 11.8 Å². The number of carbonyl (C=O) groups is 2. The summed E-state index contributed by atoms with van der Waals surface area (Å²) in [6, 6.07) is 0.559. The van der Waals surface area contributed by atoms with Crippen molar-refractivity contribution in [1.82, 2.24) is 10.6 Å². The predicted octanol–water partition coefficient (Wildman–Crippen LogP) is -1.04. The number of carbonyl (C=O) groups excluding carboxylic acids is 2. The lowest BCUT2D eigenvalue weighted by molar-refractivity contribution is -0.131. The molecule has 1 saturated carbocycles. The Balaban J connectivity index is 2.72. The van der Waals surface area contributed by atoms with E-state index in [4.69, 9.17) is 5.26 Å². The van der Waals surface area contributed by atoms with E-state index in [1.54, 1.807) is 13.0 Å². The fourth-order valence-electron chi connectivity index (χ4n) is 1.48. The highest BCUT2D eigenvalue weighted by Crippen LogP contribution is 2.45. The van der Waals surface area contributed by atoms with Crippen molar-refractivity contribution >= 4 is 21.7 Å². The lowest BCUT2D eigenvalue weighted by atomic mass is 10.1. The van der Waals surface area contributed by atoms with Crippen LogP contribution in [0.3, 0.4) is 0 Å². The van der Waals surface area contributed by atoms with Crippen LogP contribution in [0.4, 0.5) is 0 Å². The number of sulfone groups is 1. The first kappa shape index (κ1) is 15.4. The summed E-state index contributed by atoms with van der Waals surface area (Å²) in [4.78, 5) is 23.6. The Morgan fingerprint density at radius 3 is 2.42 bits per heavy atom. The first-order chi connectivity index (χ1) is 8.68. The zero-order valence-electron chi connectivity index (χ0n) is 10.9. The predicted molar refractivity (Wildman–Crippen MR) is 67.6 cm³/mol. The van der Waals surface area contributed by atoms with Crippen LogP contribution in [0.2, 0.25) is 0 Å². The van der Waals surface area contributed by atoms with Gasteiger partial charge in [0.25, 0.3) is 0 Å². The molecule has 106 valence electrons. The highest BCUT2D eigenvalue weighted by Gasteiger charge is 2.46. The quantitative estimate of drug-likeness (QED) is 0.605. The Morgan fingerprint density at radius 1 is 1.42 bits per heavy atom. The van der Waals surface area contributed by atoms with Gasteiger partial charge in [-0.1, -0.05) is 6.92 Å². The van der Waals surface area contributed by atoms with E-state index in [2.05, 4.69) is 10.6 Å². The van der Waals surface area contributed by atoms with Crippen LogP contribution in [-0.2, 0) is 19.4 Å². The molecule has 2 N–H and O–H groups in total. The van der Waals surface area contributed by atoms with E-state index in [-0.39, 0.29) is 12.5 Å². The molecule has 2 amide bonds. The SMILES string of the molecule is CC1(C(=O)NC(CS(C)(=O)=O)C(=O)NCC#N)CC1. The second-order valence-corrected chi connectivity index (χ2v) is 7.24. The minimum absolute atomic E-state index is 0.230. The summed E-state index contributed by atoms with van der Waals surface area (Å²) in [6.07, 6.45) is 2.44. The first-order valence-corrected chi connectivity index (χ1v) is 7.87. The van der Waals surface area contributed by atoms with Crippen molar-refractivity contribution in [2.75, 3.05) is 18.6 Å². The maximum absolute atomic E-state index is 11.9. The standard InChI is InChI=1S/C11H17N3O4S/c1-11(3-4-11)10(16)14-8(7-19(2,17)18)9(15)13-6-5-12/h8H,3-4,6-7H2,1-2H3,(H,13,15)(H,14,16). The molecule has 1 fully saturated rings. The van der Waals surface area contributed by atoms with Crippen molar-refractivity contribution in [3.05, 3.63) is 0 Å². The molecule has 1 atom stereocenters. The molecular formula is C11H17N3O4S. The normalized spacial score (nSPS) is 17.9. The molecule has 0 saturated heterocycles. The molecule has 1 aliphatic rings. The molecule has 0 radical (unpaired) electrons. The molecule has 19 heavy (non-hydrogen) atoms. The maximum Gasteiger partial charge on any atom is 0.244 e. The van der Waals surface area contributed by atoms with Gasteiger partial charge in [0.15, 0.2) is 0 Å². The highest BCUT2D eigenvalue weighted by molar-refractivity contribution is 7.90. The highest BCUT2D eigenvalue weighted by atomic mass is 32.2. The van der Waals surface area contributed by atoms with Gasteiger partial charge in [-0.3, -0.25) is 9.59 Å². The molecule has 0 bridgehead atoms. The molecule has 0 heterocycles. The van der Waals surface area contributed by atoms with Gasteiger partial charge in [-0.15, -0.1) is 0 Å². The van der Waals surface area contributed by atoms with E-state index < -0.39 is 33.0 Å². The van der Waals surface area contributed by atoms with Gasteiger partial charge in [-0.25, -0.2) is 8.42 Å². The number of hydrogen-bond donors (Lipinski definition) is 2. The molecule has 0 aliphatic heterocycles.